The number of carbonyl (C=O) groups is 3. The Bertz CT molecular complexity index is 1270. The van der Waals surface area contributed by atoms with Crippen LogP contribution >= 0.6 is 12.2 Å². The summed E-state index contributed by atoms with van der Waals surface area (Å²) in [7, 11) is 0. The molecule has 0 aliphatic carbocycles. The number of fused-ring (bicyclic) bond motifs is 1. The average molecular weight is 446 g/mol. The molecule has 3 aromatic rings. The maximum atomic E-state index is 12.9. The van der Waals surface area contributed by atoms with Crippen LogP contribution in [-0.4, -0.2) is 29.5 Å². The van der Waals surface area contributed by atoms with Gasteiger partial charge in [-0.25, -0.2) is 4.79 Å². The van der Waals surface area contributed by atoms with Gasteiger partial charge in [0, 0.05) is 0 Å². The van der Waals surface area contributed by atoms with Crippen LogP contribution in [0.1, 0.15) is 22.8 Å². The van der Waals surface area contributed by atoms with Crippen molar-refractivity contribution in [2.24, 2.45) is 0 Å². The minimum atomic E-state index is -0.594. The van der Waals surface area contributed by atoms with Gasteiger partial charge in [-0.2, -0.15) is 0 Å². The van der Waals surface area contributed by atoms with Crippen LogP contribution in [0.2, 0.25) is 0 Å². The fraction of sp³-hybridized carbons (Fsp3) is 0.0833. The minimum absolute atomic E-state index is 0.0390. The van der Waals surface area contributed by atoms with Gasteiger partial charge in [-0.1, -0.05) is 42.5 Å². The molecule has 0 saturated carbocycles. The number of esters is 1. The van der Waals surface area contributed by atoms with E-state index in [1.807, 2.05) is 30.3 Å². The lowest BCUT2D eigenvalue weighted by Crippen LogP contribution is -2.51. The summed E-state index contributed by atoms with van der Waals surface area (Å²) < 4.78 is 11.3. The molecule has 0 radical (unpaired) electrons. The first kappa shape index (κ1) is 21.2. The maximum absolute atomic E-state index is 12.9. The third-order valence-corrected chi connectivity index (χ3v) is 4.94. The topological polar surface area (TPSA) is 93.7 Å². The molecule has 0 unspecified atom stereocenters. The molecule has 4 rings (SSSR count). The molecule has 8 heteroatoms. The van der Waals surface area contributed by atoms with Crippen LogP contribution < -0.4 is 20.1 Å². The van der Waals surface area contributed by atoms with Crippen molar-refractivity contribution >= 4 is 52.0 Å². The van der Waals surface area contributed by atoms with Gasteiger partial charge in [-0.05, 0) is 59.8 Å². The summed E-state index contributed by atoms with van der Waals surface area (Å²) in [6, 6.07) is 17.7. The molecule has 1 heterocycles. The van der Waals surface area contributed by atoms with Crippen molar-refractivity contribution in [2.75, 3.05) is 6.61 Å². The standard InChI is InChI=1S/C24H18N2O5S/c1-2-30-20-13-14(12-18-21(27)25-24(32)26-22(18)28)10-11-19(20)31-23(29)17-9-5-7-15-6-3-4-8-16(15)17/h3-13H,2H2,1H3,(H2,25,26,27,28,32). The first-order valence-electron chi connectivity index (χ1n) is 9.81. The maximum Gasteiger partial charge on any atom is 0.344 e. The van der Waals surface area contributed by atoms with Gasteiger partial charge in [-0.3, -0.25) is 20.2 Å². The van der Waals surface area contributed by atoms with E-state index in [1.54, 1.807) is 37.3 Å². The Kier molecular flexibility index (Phi) is 5.96. The van der Waals surface area contributed by atoms with E-state index >= 15 is 0 Å². The van der Waals surface area contributed by atoms with Gasteiger partial charge in [0.2, 0.25) is 0 Å². The molecule has 0 aromatic heterocycles. The van der Waals surface area contributed by atoms with Crippen molar-refractivity contribution in [1.29, 1.82) is 0 Å². The molecule has 32 heavy (non-hydrogen) atoms. The summed E-state index contributed by atoms with van der Waals surface area (Å²) in [5.74, 6) is -1.17. The molecule has 160 valence electrons. The lowest BCUT2D eigenvalue weighted by molar-refractivity contribution is -0.123. The van der Waals surface area contributed by atoms with E-state index in [0.29, 0.717) is 23.5 Å². The highest BCUT2D eigenvalue weighted by molar-refractivity contribution is 7.80. The molecule has 7 nitrogen and oxygen atoms in total. The summed E-state index contributed by atoms with van der Waals surface area (Å²) in [4.78, 5) is 37.1. The predicted molar refractivity (Wildman–Crippen MR) is 123 cm³/mol. The monoisotopic (exact) mass is 446 g/mol. The number of amides is 2. The molecule has 0 bridgehead atoms. The van der Waals surface area contributed by atoms with Crippen molar-refractivity contribution in [2.45, 2.75) is 6.92 Å². The van der Waals surface area contributed by atoms with Crippen LogP contribution in [0.5, 0.6) is 11.5 Å². The number of nitrogens with one attached hydrogen (secondary N) is 2. The van der Waals surface area contributed by atoms with Crippen molar-refractivity contribution in [3.63, 3.8) is 0 Å². The van der Waals surface area contributed by atoms with Crippen LogP contribution in [0.3, 0.4) is 0 Å². The Morgan fingerprint density at radius 3 is 2.44 bits per heavy atom. The molecule has 1 saturated heterocycles. The number of hydrogen-bond donors (Lipinski definition) is 2. The van der Waals surface area contributed by atoms with Crippen LogP contribution in [-0.2, 0) is 9.59 Å². The van der Waals surface area contributed by atoms with E-state index in [9.17, 15) is 14.4 Å². The predicted octanol–water partition coefficient (Wildman–Crippen LogP) is 3.37. The molecular weight excluding hydrogens is 428 g/mol. The Balaban J connectivity index is 1.64. The third-order valence-electron chi connectivity index (χ3n) is 4.73. The number of thiocarbonyl (C=S) groups is 1. The van der Waals surface area contributed by atoms with Gasteiger partial charge in [0.15, 0.2) is 16.6 Å². The van der Waals surface area contributed by atoms with Gasteiger partial charge >= 0.3 is 5.97 Å². The number of ether oxygens (including phenoxy) is 2. The fourth-order valence-electron chi connectivity index (χ4n) is 3.30. The molecule has 0 spiro atoms. The second-order valence-electron chi connectivity index (χ2n) is 6.85. The van der Waals surface area contributed by atoms with Gasteiger partial charge in [0.25, 0.3) is 11.8 Å². The van der Waals surface area contributed by atoms with Crippen molar-refractivity contribution in [1.82, 2.24) is 10.6 Å². The van der Waals surface area contributed by atoms with E-state index in [0.717, 1.165) is 10.8 Å². The Hall–Kier alpha value is -4.04. The number of hydrogen-bond acceptors (Lipinski definition) is 6. The van der Waals surface area contributed by atoms with Crippen LogP contribution in [0.25, 0.3) is 16.8 Å². The quantitative estimate of drug-likeness (QED) is 0.205. The summed E-state index contributed by atoms with van der Waals surface area (Å²) >= 11 is 4.80. The Morgan fingerprint density at radius 1 is 0.969 bits per heavy atom. The van der Waals surface area contributed by atoms with Gasteiger partial charge < -0.3 is 9.47 Å². The van der Waals surface area contributed by atoms with Crippen molar-refractivity contribution < 1.29 is 23.9 Å². The number of benzene rings is 3. The third kappa shape index (κ3) is 4.35. The highest BCUT2D eigenvalue weighted by atomic mass is 32.1. The summed E-state index contributed by atoms with van der Waals surface area (Å²) in [6.07, 6.45) is 1.41. The molecule has 0 atom stereocenters. The highest BCUT2D eigenvalue weighted by Crippen LogP contribution is 2.31. The van der Waals surface area contributed by atoms with Crippen molar-refractivity contribution in [3.05, 3.63) is 77.4 Å². The second-order valence-corrected chi connectivity index (χ2v) is 7.26. The molecule has 2 amide bonds. The van der Waals surface area contributed by atoms with E-state index in [4.69, 9.17) is 21.7 Å². The molecular formula is C24H18N2O5S. The zero-order valence-corrected chi connectivity index (χ0v) is 17.8. The first-order valence-corrected chi connectivity index (χ1v) is 10.2. The molecule has 2 N–H and O–H groups in total. The summed E-state index contributed by atoms with van der Waals surface area (Å²) in [5.41, 5.74) is 0.858. The summed E-state index contributed by atoms with van der Waals surface area (Å²) in [6.45, 7) is 2.12. The SMILES string of the molecule is CCOc1cc(C=C2C(=O)NC(=S)NC2=O)ccc1OC(=O)c1cccc2ccccc12. The molecule has 3 aromatic carbocycles. The zero-order valence-electron chi connectivity index (χ0n) is 17.0. The lowest BCUT2D eigenvalue weighted by atomic mass is 10.0. The normalized spacial score (nSPS) is 13.4. The van der Waals surface area contributed by atoms with E-state index < -0.39 is 17.8 Å². The minimum Gasteiger partial charge on any atom is -0.490 e. The summed E-state index contributed by atoms with van der Waals surface area (Å²) in [5, 5.41) is 6.44. The zero-order chi connectivity index (χ0) is 22.7. The highest BCUT2D eigenvalue weighted by Gasteiger charge is 2.26. The molecule has 1 aliphatic rings. The first-order chi connectivity index (χ1) is 15.5. The van der Waals surface area contributed by atoms with Gasteiger partial charge in [0.05, 0.1) is 12.2 Å². The second kappa shape index (κ2) is 8.99. The van der Waals surface area contributed by atoms with Gasteiger partial charge in [-0.15, -0.1) is 0 Å². The van der Waals surface area contributed by atoms with Crippen molar-refractivity contribution in [3.8, 4) is 11.5 Å². The largest absolute Gasteiger partial charge is 0.490 e. The lowest BCUT2D eigenvalue weighted by Gasteiger charge is -2.16. The van der Waals surface area contributed by atoms with E-state index in [2.05, 4.69) is 10.6 Å². The van der Waals surface area contributed by atoms with Crippen LogP contribution in [0.15, 0.2) is 66.2 Å². The fourth-order valence-corrected chi connectivity index (χ4v) is 3.48. The average Bonchev–Trinajstić information content (AvgIpc) is 2.77. The van der Waals surface area contributed by atoms with Gasteiger partial charge in [0.1, 0.15) is 5.57 Å². The van der Waals surface area contributed by atoms with E-state index in [-0.39, 0.29) is 16.4 Å². The smallest absolute Gasteiger partial charge is 0.344 e. The molecule has 1 aliphatic heterocycles. The van der Waals surface area contributed by atoms with Crippen LogP contribution in [0, 0.1) is 0 Å². The Morgan fingerprint density at radius 2 is 1.69 bits per heavy atom. The number of carbonyl (C=O) groups excluding carboxylic acids is 3. The van der Waals surface area contributed by atoms with E-state index in [1.165, 1.54) is 6.08 Å². The Labute approximate surface area is 189 Å². The molecule has 1 fully saturated rings. The number of rotatable bonds is 5. The van der Waals surface area contributed by atoms with Crippen LogP contribution in [0.4, 0.5) is 0 Å².